The fourth-order valence-corrected chi connectivity index (χ4v) is 2.03. The van der Waals surface area contributed by atoms with E-state index in [9.17, 15) is 22.4 Å². The quantitative estimate of drug-likeness (QED) is 0.863. The minimum absolute atomic E-state index is 0.104. The Hall–Kier alpha value is -2.12. The van der Waals surface area contributed by atoms with Gasteiger partial charge in [-0.3, -0.25) is 0 Å². The van der Waals surface area contributed by atoms with Crippen LogP contribution in [-0.4, -0.2) is 33.0 Å². The van der Waals surface area contributed by atoms with Gasteiger partial charge in [-0.25, -0.2) is 18.6 Å². The van der Waals surface area contributed by atoms with E-state index >= 15 is 0 Å². The molecular formula is C13H12F4N2O2. The Labute approximate surface area is 117 Å². The van der Waals surface area contributed by atoms with Crippen LogP contribution in [0.5, 0.6) is 0 Å². The van der Waals surface area contributed by atoms with E-state index in [0.717, 1.165) is 10.6 Å². The summed E-state index contributed by atoms with van der Waals surface area (Å²) in [6.07, 6.45) is -3.54. The van der Waals surface area contributed by atoms with Crippen LogP contribution in [0, 0.1) is 0 Å². The Balaban J connectivity index is 2.58. The number of rotatable bonds is 5. The van der Waals surface area contributed by atoms with Crippen molar-refractivity contribution in [1.82, 2.24) is 9.55 Å². The Morgan fingerprint density at radius 1 is 1.43 bits per heavy atom. The molecule has 1 N–H and O–H groups in total. The summed E-state index contributed by atoms with van der Waals surface area (Å²) >= 11 is 0. The van der Waals surface area contributed by atoms with Crippen LogP contribution in [0.15, 0.2) is 18.2 Å². The van der Waals surface area contributed by atoms with E-state index in [0.29, 0.717) is 5.52 Å². The number of hydrogen-bond donors (Lipinski definition) is 1. The summed E-state index contributed by atoms with van der Waals surface area (Å²) in [6.45, 7) is 0.406. The second-order valence-corrected chi connectivity index (χ2v) is 4.54. The number of carboxylic acid groups (broad SMARTS) is 1. The Bertz CT molecular complexity index is 682. The van der Waals surface area contributed by atoms with Crippen LogP contribution >= 0.6 is 0 Å². The molecule has 0 atom stereocenters. The minimum atomic E-state index is -4.21. The van der Waals surface area contributed by atoms with Crippen LogP contribution in [0.2, 0.25) is 0 Å². The smallest absolute Gasteiger partial charge is 0.335 e. The summed E-state index contributed by atoms with van der Waals surface area (Å²) in [7, 11) is 0. The number of carbonyl (C=O) groups is 1. The molecule has 0 spiro atoms. The first-order chi connectivity index (χ1) is 9.76. The molecule has 0 radical (unpaired) electrons. The highest BCUT2D eigenvalue weighted by Gasteiger charge is 2.41. The number of alkyl halides is 4. The monoisotopic (exact) mass is 304 g/mol. The van der Waals surface area contributed by atoms with E-state index in [1.165, 1.54) is 12.1 Å². The third-order valence-corrected chi connectivity index (χ3v) is 3.08. The number of nitrogens with zero attached hydrogens (tertiary/aromatic N) is 2. The van der Waals surface area contributed by atoms with Gasteiger partial charge in [-0.2, -0.15) is 8.78 Å². The van der Waals surface area contributed by atoms with Gasteiger partial charge in [-0.05, 0) is 18.2 Å². The van der Waals surface area contributed by atoms with Crippen molar-refractivity contribution in [2.45, 2.75) is 32.2 Å². The molecule has 1 aromatic heterocycles. The summed E-state index contributed by atoms with van der Waals surface area (Å²) in [4.78, 5) is 15.0. The largest absolute Gasteiger partial charge is 0.478 e. The number of imidazole rings is 1. The first kappa shape index (κ1) is 15.3. The SMILES string of the molecule is CCc1nc2ccc(C(=O)O)cc2n1CC(F)(F)C(F)F. The summed E-state index contributed by atoms with van der Waals surface area (Å²) in [5.41, 5.74) is 0.278. The molecule has 4 nitrogen and oxygen atoms in total. The molecule has 0 saturated carbocycles. The molecule has 0 bridgehead atoms. The Kier molecular flexibility index (Phi) is 3.89. The molecule has 1 aromatic carbocycles. The lowest BCUT2D eigenvalue weighted by atomic mass is 10.2. The van der Waals surface area contributed by atoms with Crippen LogP contribution in [-0.2, 0) is 13.0 Å². The number of aryl methyl sites for hydroxylation is 1. The second kappa shape index (κ2) is 5.34. The zero-order valence-electron chi connectivity index (χ0n) is 11.0. The standard InChI is InChI=1S/C13H12F4N2O2/c1-2-10-18-8-4-3-7(11(20)21)5-9(8)19(10)6-13(16,17)12(14)15/h3-5,12H,2,6H2,1H3,(H,20,21). The molecule has 2 aromatic rings. The number of halogens is 4. The maximum absolute atomic E-state index is 13.3. The number of hydrogen-bond acceptors (Lipinski definition) is 2. The van der Waals surface area contributed by atoms with E-state index < -0.39 is 24.9 Å². The summed E-state index contributed by atoms with van der Waals surface area (Å²) < 4.78 is 52.3. The number of benzene rings is 1. The van der Waals surface area contributed by atoms with E-state index in [4.69, 9.17) is 5.11 Å². The highest BCUT2D eigenvalue weighted by atomic mass is 19.3. The molecule has 0 fully saturated rings. The van der Waals surface area contributed by atoms with Gasteiger partial charge in [0, 0.05) is 6.42 Å². The van der Waals surface area contributed by atoms with Crippen molar-refractivity contribution in [1.29, 1.82) is 0 Å². The van der Waals surface area contributed by atoms with Crippen LogP contribution in [0.4, 0.5) is 17.6 Å². The number of aromatic nitrogens is 2. The van der Waals surface area contributed by atoms with E-state index in [1.807, 2.05) is 0 Å². The highest BCUT2D eigenvalue weighted by Crippen LogP contribution is 2.28. The van der Waals surface area contributed by atoms with E-state index in [-0.39, 0.29) is 23.3 Å². The van der Waals surface area contributed by atoms with Crippen LogP contribution in [0.3, 0.4) is 0 Å². The van der Waals surface area contributed by atoms with Crippen molar-refractivity contribution in [2.24, 2.45) is 0 Å². The van der Waals surface area contributed by atoms with Gasteiger partial charge >= 0.3 is 18.3 Å². The maximum Gasteiger partial charge on any atom is 0.335 e. The van der Waals surface area contributed by atoms with Gasteiger partial charge in [0.2, 0.25) is 0 Å². The van der Waals surface area contributed by atoms with Gasteiger partial charge in [0.05, 0.1) is 23.1 Å². The predicted octanol–water partition coefficient (Wildman–Crippen LogP) is 3.20. The fraction of sp³-hybridized carbons (Fsp3) is 0.385. The molecule has 1 heterocycles. The van der Waals surface area contributed by atoms with Gasteiger partial charge in [0.15, 0.2) is 0 Å². The first-order valence-corrected chi connectivity index (χ1v) is 6.14. The summed E-state index contributed by atoms with van der Waals surface area (Å²) in [5.74, 6) is -5.24. The third-order valence-electron chi connectivity index (χ3n) is 3.08. The molecule has 0 aliphatic carbocycles. The maximum atomic E-state index is 13.3. The average Bonchev–Trinajstić information content (AvgIpc) is 2.75. The molecule has 0 unspecified atom stereocenters. The van der Waals surface area contributed by atoms with Gasteiger partial charge in [-0.1, -0.05) is 6.92 Å². The van der Waals surface area contributed by atoms with Crippen molar-refractivity contribution in [3.05, 3.63) is 29.6 Å². The minimum Gasteiger partial charge on any atom is -0.478 e. The van der Waals surface area contributed by atoms with Crippen molar-refractivity contribution in [2.75, 3.05) is 0 Å². The van der Waals surface area contributed by atoms with Crippen LogP contribution in [0.25, 0.3) is 11.0 Å². The Morgan fingerprint density at radius 3 is 2.62 bits per heavy atom. The predicted molar refractivity (Wildman–Crippen MR) is 67.0 cm³/mol. The van der Waals surface area contributed by atoms with Gasteiger partial charge in [0.1, 0.15) is 5.82 Å². The normalized spacial score (nSPS) is 12.3. The first-order valence-electron chi connectivity index (χ1n) is 6.14. The molecule has 8 heteroatoms. The van der Waals surface area contributed by atoms with Crippen molar-refractivity contribution >= 4 is 17.0 Å². The number of fused-ring (bicyclic) bond motifs is 1. The summed E-state index contributed by atoms with van der Waals surface area (Å²) in [6, 6.07) is 3.81. The fourth-order valence-electron chi connectivity index (χ4n) is 2.03. The van der Waals surface area contributed by atoms with Crippen LogP contribution in [0.1, 0.15) is 23.1 Å². The second-order valence-electron chi connectivity index (χ2n) is 4.54. The molecule has 0 aliphatic rings. The van der Waals surface area contributed by atoms with Crippen LogP contribution < -0.4 is 0 Å². The lowest BCUT2D eigenvalue weighted by molar-refractivity contribution is -0.137. The van der Waals surface area contributed by atoms with E-state index in [2.05, 4.69) is 4.98 Å². The number of carboxylic acids is 1. The molecule has 21 heavy (non-hydrogen) atoms. The lowest BCUT2D eigenvalue weighted by Crippen LogP contribution is -2.32. The van der Waals surface area contributed by atoms with E-state index in [1.54, 1.807) is 6.92 Å². The molecule has 0 amide bonds. The summed E-state index contributed by atoms with van der Waals surface area (Å²) in [5, 5.41) is 8.92. The molecule has 0 aliphatic heterocycles. The highest BCUT2D eigenvalue weighted by molar-refractivity contribution is 5.92. The van der Waals surface area contributed by atoms with Crippen molar-refractivity contribution in [3.8, 4) is 0 Å². The molecule has 2 rings (SSSR count). The van der Waals surface area contributed by atoms with Crippen molar-refractivity contribution < 1.29 is 27.5 Å². The third kappa shape index (κ3) is 2.84. The van der Waals surface area contributed by atoms with Gasteiger partial charge < -0.3 is 9.67 Å². The Morgan fingerprint density at radius 2 is 2.10 bits per heavy atom. The van der Waals surface area contributed by atoms with Gasteiger partial charge in [-0.15, -0.1) is 0 Å². The lowest BCUT2D eigenvalue weighted by Gasteiger charge is -2.17. The topological polar surface area (TPSA) is 55.1 Å². The molecular weight excluding hydrogens is 292 g/mol. The number of aromatic carboxylic acids is 1. The zero-order chi connectivity index (χ0) is 15.8. The zero-order valence-corrected chi connectivity index (χ0v) is 11.0. The van der Waals surface area contributed by atoms with Gasteiger partial charge in [0.25, 0.3) is 0 Å². The van der Waals surface area contributed by atoms with Crippen molar-refractivity contribution in [3.63, 3.8) is 0 Å². The molecule has 0 saturated heterocycles. The average molecular weight is 304 g/mol. The molecule has 114 valence electrons.